The number of aryl methyl sites for hydroxylation is 1. The maximum absolute atomic E-state index is 12.1. The first-order chi connectivity index (χ1) is 8.58. The molecule has 1 N–H and O–H groups in total. The lowest BCUT2D eigenvalue weighted by Gasteiger charge is -2.28. The summed E-state index contributed by atoms with van der Waals surface area (Å²) in [6.07, 6.45) is 1.82. The second kappa shape index (κ2) is 5.81. The van der Waals surface area contributed by atoms with Crippen molar-refractivity contribution >= 4 is 21.8 Å². The molecular weight excluding hydrogens is 300 g/mol. The van der Waals surface area contributed by atoms with E-state index >= 15 is 0 Å². The molecule has 7 heteroatoms. The number of hydrogen-bond acceptors (Lipinski definition) is 4. The van der Waals surface area contributed by atoms with E-state index in [4.69, 9.17) is 4.74 Å². The Labute approximate surface area is 114 Å². The van der Waals surface area contributed by atoms with Crippen molar-refractivity contribution in [3.63, 3.8) is 0 Å². The SMILES string of the molecule is Cc1nn([C@@H](C)C(=O)NN2CCOCC2)cc1Br. The zero-order valence-electron chi connectivity index (χ0n) is 10.5. The third kappa shape index (κ3) is 3.09. The minimum atomic E-state index is -0.335. The van der Waals surface area contributed by atoms with Gasteiger partial charge in [0, 0.05) is 19.3 Å². The van der Waals surface area contributed by atoms with Crippen molar-refractivity contribution in [2.75, 3.05) is 26.3 Å². The maximum atomic E-state index is 12.1. The highest BCUT2D eigenvalue weighted by molar-refractivity contribution is 9.10. The molecule has 0 aromatic carbocycles. The first-order valence-corrected chi connectivity index (χ1v) is 6.71. The quantitative estimate of drug-likeness (QED) is 0.899. The van der Waals surface area contributed by atoms with Gasteiger partial charge in [-0.05, 0) is 29.8 Å². The Balaban J connectivity index is 1.95. The summed E-state index contributed by atoms with van der Waals surface area (Å²) in [5.41, 5.74) is 3.76. The Morgan fingerprint density at radius 2 is 2.22 bits per heavy atom. The smallest absolute Gasteiger partial charge is 0.258 e. The fourth-order valence-corrected chi connectivity index (χ4v) is 1.99. The van der Waals surface area contributed by atoms with Crippen LogP contribution in [-0.4, -0.2) is 47.0 Å². The number of nitrogens with one attached hydrogen (secondary N) is 1. The number of carbonyl (C=O) groups excluding carboxylic acids is 1. The lowest BCUT2D eigenvalue weighted by molar-refractivity contribution is -0.131. The molecule has 1 atom stereocenters. The lowest BCUT2D eigenvalue weighted by Crippen LogP contribution is -2.50. The third-order valence-electron chi connectivity index (χ3n) is 2.91. The summed E-state index contributed by atoms with van der Waals surface area (Å²) >= 11 is 3.39. The summed E-state index contributed by atoms with van der Waals surface area (Å²) in [7, 11) is 0. The highest BCUT2D eigenvalue weighted by atomic mass is 79.9. The summed E-state index contributed by atoms with van der Waals surface area (Å²) in [6, 6.07) is -0.335. The predicted molar refractivity (Wildman–Crippen MR) is 69.9 cm³/mol. The van der Waals surface area contributed by atoms with Gasteiger partial charge in [0.1, 0.15) is 6.04 Å². The van der Waals surface area contributed by atoms with Gasteiger partial charge in [0.15, 0.2) is 0 Å². The van der Waals surface area contributed by atoms with Crippen molar-refractivity contribution in [2.45, 2.75) is 19.9 Å². The zero-order chi connectivity index (χ0) is 13.1. The highest BCUT2D eigenvalue weighted by Crippen LogP contribution is 2.16. The van der Waals surface area contributed by atoms with E-state index in [1.54, 1.807) is 4.68 Å². The fourth-order valence-electron chi connectivity index (χ4n) is 1.70. The van der Waals surface area contributed by atoms with E-state index in [2.05, 4.69) is 26.5 Å². The van der Waals surface area contributed by atoms with Crippen LogP contribution in [0.5, 0.6) is 0 Å². The molecule has 1 aliphatic rings. The van der Waals surface area contributed by atoms with Crippen LogP contribution in [0.2, 0.25) is 0 Å². The number of rotatable bonds is 3. The molecule has 18 heavy (non-hydrogen) atoms. The molecule has 2 heterocycles. The van der Waals surface area contributed by atoms with Gasteiger partial charge in [-0.3, -0.25) is 14.9 Å². The number of ether oxygens (including phenoxy) is 1. The molecular formula is C11H17BrN4O2. The van der Waals surface area contributed by atoms with E-state index in [9.17, 15) is 4.79 Å². The van der Waals surface area contributed by atoms with Gasteiger partial charge in [0.2, 0.25) is 0 Å². The summed E-state index contributed by atoms with van der Waals surface area (Å²) in [5.74, 6) is -0.0631. The van der Waals surface area contributed by atoms with E-state index in [0.717, 1.165) is 23.3 Å². The Morgan fingerprint density at radius 1 is 1.56 bits per heavy atom. The van der Waals surface area contributed by atoms with Gasteiger partial charge in [-0.15, -0.1) is 0 Å². The standard InChI is InChI=1S/C11H17BrN4O2/c1-8-10(12)7-16(13-8)9(2)11(17)14-15-3-5-18-6-4-15/h7,9H,3-6H2,1-2H3,(H,14,17)/t9-/m0/s1. The molecule has 1 aromatic heterocycles. The molecule has 1 fully saturated rings. The van der Waals surface area contributed by atoms with E-state index in [-0.39, 0.29) is 11.9 Å². The highest BCUT2D eigenvalue weighted by Gasteiger charge is 2.20. The van der Waals surface area contributed by atoms with Crippen LogP contribution in [0, 0.1) is 6.92 Å². The zero-order valence-corrected chi connectivity index (χ0v) is 12.1. The Hall–Kier alpha value is -0.920. The fraction of sp³-hybridized carbons (Fsp3) is 0.636. The summed E-state index contributed by atoms with van der Waals surface area (Å²) in [4.78, 5) is 12.1. The Bertz CT molecular complexity index is 409. The van der Waals surface area contributed by atoms with Crippen LogP contribution < -0.4 is 5.43 Å². The van der Waals surface area contributed by atoms with Gasteiger partial charge in [-0.1, -0.05) is 0 Å². The largest absolute Gasteiger partial charge is 0.379 e. The minimum absolute atomic E-state index is 0.0631. The molecule has 0 radical (unpaired) electrons. The van der Waals surface area contributed by atoms with Crippen molar-refractivity contribution in [3.05, 3.63) is 16.4 Å². The number of amides is 1. The van der Waals surface area contributed by atoms with Crippen molar-refractivity contribution in [2.24, 2.45) is 0 Å². The van der Waals surface area contributed by atoms with Gasteiger partial charge in [0.05, 0.1) is 23.4 Å². The summed E-state index contributed by atoms with van der Waals surface area (Å²) < 4.78 is 7.80. The van der Waals surface area contributed by atoms with Gasteiger partial charge >= 0.3 is 0 Å². The molecule has 6 nitrogen and oxygen atoms in total. The van der Waals surface area contributed by atoms with Crippen LogP contribution in [0.3, 0.4) is 0 Å². The molecule has 0 saturated carbocycles. The van der Waals surface area contributed by atoms with Crippen molar-refractivity contribution in [3.8, 4) is 0 Å². The molecule has 100 valence electrons. The van der Waals surface area contributed by atoms with Crippen LogP contribution in [0.15, 0.2) is 10.7 Å². The summed E-state index contributed by atoms with van der Waals surface area (Å²) in [5, 5.41) is 6.17. The number of hydrazine groups is 1. The Kier molecular flexibility index (Phi) is 4.36. The average Bonchev–Trinajstić information content (AvgIpc) is 2.70. The van der Waals surface area contributed by atoms with Gasteiger partial charge in [-0.2, -0.15) is 5.10 Å². The molecule has 2 rings (SSSR count). The van der Waals surface area contributed by atoms with Crippen LogP contribution in [0.1, 0.15) is 18.7 Å². The van der Waals surface area contributed by atoms with Crippen molar-refractivity contribution in [1.29, 1.82) is 0 Å². The number of carbonyl (C=O) groups is 1. The molecule has 1 aromatic rings. The monoisotopic (exact) mass is 316 g/mol. The molecule has 1 aliphatic heterocycles. The van der Waals surface area contributed by atoms with Crippen LogP contribution in [0.25, 0.3) is 0 Å². The maximum Gasteiger partial charge on any atom is 0.258 e. The minimum Gasteiger partial charge on any atom is -0.379 e. The summed E-state index contributed by atoms with van der Waals surface area (Å²) in [6.45, 7) is 6.48. The Morgan fingerprint density at radius 3 is 2.78 bits per heavy atom. The van der Waals surface area contributed by atoms with Gasteiger partial charge in [-0.25, -0.2) is 5.01 Å². The number of nitrogens with zero attached hydrogens (tertiary/aromatic N) is 3. The van der Waals surface area contributed by atoms with E-state index in [0.29, 0.717) is 13.2 Å². The molecule has 0 aliphatic carbocycles. The van der Waals surface area contributed by atoms with Gasteiger partial charge in [0.25, 0.3) is 5.91 Å². The molecule has 0 unspecified atom stereocenters. The lowest BCUT2D eigenvalue weighted by atomic mass is 10.3. The van der Waals surface area contributed by atoms with Crippen molar-refractivity contribution < 1.29 is 9.53 Å². The molecule has 0 spiro atoms. The number of morpholine rings is 1. The third-order valence-corrected chi connectivity index (χ3v) is 3.69. The second-order valence-electron chi connectivity index (χ2n) is 4.29. The van der Waals surface area contributed by atoms with Crippen LogP contribution >= 0.6 is 15.9 Å². The predicted octanol–water partition coefficient (Wildman–Crippen LogP) is 0.878. The second-order valence-corrected chi connectivity index (χ2v) is 5.15. The van der Waals surface area contributed by atoms with E-state index in [1.807, 2.05) is 25.1 Å². The number of aromatic nitrogens is 2. The van der Waals surface area contributed by atoms with Crippen molar-refractivity contribution in [1.82, 2.24) is 20.2 Å². The van der Waals surface area contributed by atoms with Crippen LogP contribution in [-0.2, 0) is 9.53 Å². The average molecular weight is 317 g/mol. The molecule has 1 amide bonds. The first kappa shape index (κ1) is 13.5. The van der Waals surface area contributed by atoms with E-state index in [1.165, 1.54) is 0 Å². The van der Waals surface area contributed by atoms with E-state index < -0.39 is 0 Å². The topological polar surface area (TPSA) is 59.4 Å². The molecule has 0 bridgehead atoms. The normalized spacial score (nSPS) is 18.6. The number of hydrogen-bond donors (Lipinski definition) is 1. The number of halogens is 1. The molecule has 1 saturated heterocycles. The van der Waals surface area contributed by atoms with Gasteiger partial charge < -0.3 is 4.74 Å². The first-order valence-electron chi connectivity index (χ1n) is 5.92. The van der Waals surface area contributed by atoms with Crippen LogP contribution in [0.4, 0.5) is 0 Å².